The molecule has 100 valence electrons. The number of hydrogen-bond donors (Lipinski definition) is 1. The highest BCUT2D eigenvalue weighted by atomic mass is 19.1. The van der Waals surface area contributed by atoms with Crippen LogP contribution in [0, 0.1) is 18.2 Å². The monoisotopic (exact) mass is 272 g/mol. The summed E-state index contributed by atoms with van der Waals surface area (Å²) in [6.07, 6.45) is 6.81. The van der Waals surface area contributed by atoms with Crippen molar-refractivity contribution in [2.45, 2.75) is 6.42 Å². The summed E-state index contributed by atoms with van der Waals surface area (Å²) in [4.78, 5) is 24.3. The highest BCUT2D eigenvalue weighted by Gasteiger charge is 2.27. The summed E-state index contributed by atoms with van der Waals surface area (Å²) in [6, 6.07) is 1.88. The Bertz CT molecular complexity index is 773. The van der Waals surface area contributed by atoms with Crippen molar-refractivity contribution in [3.8, 4) is 12.3 Å². The van der Waals surface area contributed by atoms with Gasteiger partial charge in [-0.05, 0) is 12.1 Å². The molecule has 20 heavy (non-hydrogen) atoms. The first-order valence-electron chi connectivity index (χ1n) is 5.89. The van der Waals surface area contributed by atoms with Crippen molar-refractivity contribution < 1.29 is 18.4 Å². The molecule has 1 aliphatic heterocycles. The molecule has 2 aromatic rings. The molecule has 0 spiro atoms. The van der Waals surface area contributed by atoms with Crippen LogP contribution in [-0.4, -0.2) is 18.5 Å². The molecule has 0 saturated carbocycles. The van der Waals surface area contributed by atoms with E-state index in [0.29, 0.717) is 16.7 Å². The van der Waals surface area contributed by atoms with Crippen molar-refractivity contribution in [1.82, 2.24) is 5.32 Å². The standard InChI is InChI=1S/C14H9FN2O3/c1-2-8-5-9(15)6-10-11(7-20-13(8)10)17-4-3-12(18)16-14(17)19/h1,5-7H,3-4H2,(H,16,18,19). The van der Waals surface area contributed by atoms with Gasteiger partial charge in [0.05, 0.1) is 11.3 Å². The molecule has 2 heterocycles. The van der Waals surface area contributed by atoms with Gasteiger partial charge in [0.15, 0.2) is 5.58 Å². The molecule has 1 N–H and O–H groups in total. The Balaban J connectivity index is 2.14. The highest BCUT2D eigenvalue weighted by Crippen LogP contribution is 2.32. The number of amides is 3. The molecule has 3 rings (SSSR count). The smallest absolute Gasteiger partial charge is 0.328 e. The van der Waals surface area contributed by atoms with Gasteiger partial charge in [0.1, 0.15) is 12.1 Å². The lowest BCUT2D eigenvalue weighted by atomic mass is 10.1. The first-order valence-corrected chi connectivity index (χ1v) is 5.89. The fourth-order valence-corrected chi connectivity index (χ4v) is 2.20. The van der Waals surface area contributed by atoms with Crippen LogP contribution in [0.15, 0.2) is 22.8 Å². The van der Waals surface area contributed by atoms with Crippen LogP contribution in [0.2, 0.25) is 0 Å². The van der Waals surface area contributed by atoms with Crippen LogP contribution in [0.3, 0.4) is 0 Å². The van der Waals surface area contributed by atoms with Gasteiger partial charge in [-0.2, -0.15) is 0 Å². The molecule has 3 amide bonds. The van der Waals surface area contributed by atoms with E-state index in [0.717, 1.165) is 0 Å². The molecule has 6 heteroatoms. The number of anilines is 1. The molecule has 0 bridgehead atoms. The van der Waals surface area contributed by atoms with E-state index in [-0.39, 0.29) is 24.4 Å². The van der Waals surface area contributed by atoms with Gasteiger partial charge in [-0.3, -0.25) is 15.0 Å². The second-order valence-electron chi connectivity index (χ2n) is 4.35. The number of hydrogen-bond acceptors (Lipinski definition) is 3. The van der Waals surface area contributed by atoms with Gasteiger partial charge in [0, 0.05) is 18.4 Å². The summed E-state index contributed by atoms with van der Waals surface area (Å²) in [5.74, 6) is 1.49. The number of halogens is 1. The van der Waals surface area contributed by atoms with E-state index in [1.54, 1.807) is 0 Å². The Hall–Kier alpha value is -2.81. The van der Waals surface area contributed by atoms with Crippen molar-refractivity contribution >= 4 is 28.6 Å². The Morgan fingerprint density at radius 1 is 1.40 bits per heavy atom. The van der Waals surface area contributed by atoms with Gasteiger partial charge in [0.25, 0.3) is 0 Å². The number of nitrogens with one attached hydrogen (secondary N) is 1. The molecule has 1 aromatic carbocycles. The predicted octanol–water partition coefficient (Wildman–Crippen LogP) is 2.00. The largest absolute Gasteiger partial charge is 0.461 e. The number of benzene rings is 1. The molecule has 0 radical (unpaired) electrons. The number of furan rings is 1. The Morgan fingerprint density at radius 2 is 2.20 bits per heavy atom. The minimum absolute atomic E-state index is 0.176. The van der Waals surface area contributed by atoms with Crippen molar-refractivity contribution in [2.75, 3.05) is 11.4 Å². The maximum Gasteiger partial charge on any atom is 0.328 e. The summed E-state index contributed by atoms with van der Waals surface area (Å²) in [6.45, 7) is 0.210. The number of urea groups is 1. The number of terminal acetylenes is 1. The van der Waals surface area contributed by atoms with E-state index in [1.165, 1.54) is 23.3 Å². The molecule has 0 aliphatic carbocycles. The minimum atomic E-state index is -0.560. The lowest BCUT2D eigenvalue weighted by Gasteiger charge is -2.25. The van der Waals surface area contributed by atoms with Gasteiger partial charge in [0.2, 0.25) is 5.91 Å². The van der Waals surface area contributed by atoms with Crippen LogP contribution in [0.4, 0.5) is 14.9 Å². The molecule has 0 unspecified atom stereocenters. The third-order valence-corrected chi connectivity index (χ3v) is 3.12. The van der Waals surface area contributed by atoms with Gasteiger partial charge >= 0.3 is 6.03 Å². The third-order valence-electron chi connectivity index (χ3n) is 3.12. The van der Waals surface area contributed by atoms with Crippen LogP contribution < -0.4 is 10.2 Å². The quantitative estimate of drug-likeness (QED) is 0.808. The first kappa shape index (κ1) is 12.2. The van der Waals surface area contributed by atoms with Crippen molar-refractivity contribution in [3.05, 3.63) is 29.8 Å². The minimum Gasteiger partial charge on any atom is -0.461 e. The second kappa shape index (κ2) is 4.38. The number of fused-ring (bicyclic) bond motifs is 1. The van der Waals surface area contributed by atoms with E-state index in [4.69, 9.17) is 10.8 Å². The molecule has 1 aromatic heterocycles. The molecular formula is C14H9FN2O3. The maximum absolute atomic E-state index is 13.6. The van der Waals surface area contributed by atoms with Crippen LogP contribution >= 0.6 is 0 Å². The predicted molar refractivity (Wildman–Crippen MR) is 69.6 cm³/mol. The average molecular weight is 272 g/mol. The first-order chi connectivity index (χ1) is 9.60. The summed E-state index contributed by atoms with van der Waals surface area (Å²) < 4.78 is 18.9. The van der Waals surface area contributed by atoms with Crippen molar-refractivity contribution in [2.24, 2.45) is 0 Å². The molecule has 5 nitrogen and oxygen atoms in total. The Labute approximate surface area is 113 Å². The van der Waals surface area contributed by atoms with Crippen LogP contribution in [0.1, 0.15) is 12.0 Å². The lowest BCUT2D eigenvalue weighted by Crippen LogP contribution is -2.49. The third kappa shape index (κ3) is 1.80. The van der Waals surface area contributed by atoms with Crippen molar-refractivity contribution in [3.63, 3.8) is 0 Å². The molecule has 1 aliphatic rings. The van der Waals surface area contributed by atoms with E-state index in [2.05, 4.69) is 11.2 Å². The summed E-state index contributed by atoms with van der Waals surface area (Å²) >= 11 is 0. The van der Waals surface area contributed by atoms with Gasteiger partial charge in [-0.1, -0.05) is 5.92 Å². The average Bonchev–Trinajstić information content (AvgIpc) is 2.81. The zero-order valence-corrected chi connectivity index (χ0v) is 10.3. The zero-order chi connectivity index (χ0) is 14.3. The normalized spacial score (nSPS) is 15.3. The number of nitrogens with zero attached hydrogens (tertiary/aromatic N) is 1. The van der Waals surface area contributed by atoms with Crippen molar-refractivity contribution in [1.29, 1.82) is 0 Å². The maximum atomic E-state index is 13.6. The number of carbonyl (C=O) groups is 2. The second-order valence-corrected chi connectivity index (χ2v) is 4.35. The van der Waals surface area contributed by atoms with Gasteiger partial charge < -0.3 is 4.42 Å². The topological polar surface area (TPSA) is 62.6 Å². The van der Waals surface area contributed by atoms with E-state index < -0.39 is 11.8 Å². The number of imide groups is 1. The summed E-state index contributed by atoms with van der Waals surface area (Å²) in [5, 5.41) is 2.60. The number of rotatable bonds is 1. The molecule has 1 fully saturated rings. The van der Waals surface area contributed by atoms with E-state index in [9.17, 15) is 14.0 Å². The van der Waals surface area contributed by atoms with Crippen LogP contribution in [-0.2, 0) is 4.79 Å². The lowest BCUT2D eigenvalue weighted by molar-refractivity contribution is -0.120. The Morgan fingerprint density at radius 3 is 2.90 bits per heavy atom. The number of carbonyl (C=O) groups excluding carboxylic acids is 2. The molecular weight excluding hydrogens is 263 g/mol. The molecule has 0 atom stereocenters. The fraction of sp³-hybridized carbons (Fsp3) is 0.143. The van der Waals surface area contributed by atoms with Gasteiger partial charge in [-0.25, -0.2) is 9.18 Å². The summed E-state index contributed by atoms with van der Waals surface area (Å²) in [7, 11) is 0. The van der Waals surface area contributed by atoms with Gasteiger partial charge in [-0.15, -0.1) is 6.42 Å². The molecule has 1 saturated heterocycles. The summed E-state index contributed by atoms with van der Waals surface area (Å²) in [5.41, 5.74) is 1.01. The van der Waals surface area contributed by atoms with Crippen LogP contribution in [0.5, 0.6) is 0 Å². The SMILES string of the molecule is C#Cc1cc(F)cc2c(N3CCC(=O)NC3=O)coc12. The fourth-order valence-electron chi connectivity index (χ4n) is 2.20. The zero-order valence-electron chi connectivity index (χ0n) is 10.3. The highest BCUT2D eigenvalue weighted by molar-refractivity contribution is 6.09. The van der Waals surface area contributed by atoms with E-state index in [1.807, 2.05) is 0 Å². The van der Waals surface area contributed by atoms with Crippen LogP contribution in [0.25, 0.3) is 11.0 Å². The Kier molecular flexibility index (Phi) is 2.68. The van der Waals surface area contributed by atoms with E-state index >= 15 is 0 Å².